The Hall–Kier alpha value is -2.65. The number of nitrogens with zero attached hydrogens (tertiary/aromatic N) is 3. The first-order chi connectivity index (χ1) is 15.7. The molecule has 1 aromatic carbocycles. The van der Waals surface area contributed by atoms with Crippen LogP contribution in [0.4, 0.5) is 17.6 Å². The second kappa shape index (κ2) is 9.30. The number of halogens is 5. The van der Waals surface area contributed by atoms with E-state index in [1.165, 1.54) is 28.3 Å². The fourth-order valence-electron chi connectivity index (χ4n) is 4.10. The van der Waals surface area contributed by atoms with Gasteiger partial charge in [0.05, 0.1) is 10.9 Å². The van der Waals surface area contributed by atoms with E-state index in [4.69, 9.17) is 11.6 Å². The molecular weight excluding hydrogens is 478 g/mol. The Balaban J connectivity index is 1.85. The normalized spacial score (nSPS) is 16.4. The average molecular weight is 498 g/mol. The number of carbonyl (C=O) groups is 1. The smallest absolute Gasteiger partial charge is 0.333 e. The lowest BCUT2D eigenvalue weighted by molar-refractivity contribution is -0.141. The molecule has 4 nitrogen and oxygen atoms in total. The molecule has 174 valence electrons. The molecule has 33 heavy (non-hydrogen) atoms. The van der Waals surface area contributed by atoms with E-state index in [0.717, 1.165) is 16.5 Å². The first kappa shape index (κ1) is 23.5. The van der Waals surface area contributed by atoms with Crippen molar-refractivity contribution >= 4 is 28.8 Å². The van der Waals surface area contributed by atoms with E-state index >= 15 is 0 Å². The number of allylic oxidation sites excluding steroid dienone is 1. The Morgan fingerprint density at radius 2 is 2.03 bits per heavy atom. The van der Waals surface area contributed by atoms with Crippen LogP contribution >= 0.6 is 22.9 Å². The molecule has 0 N–H and O–H groups in total. The summed E-state index contributed by atoms with van der Waals surface area (Å²) in [5.74, 6) is -0.762. The van der Waals surface area contributed by atoms with Gasteiger partial charge in [0.2, 0.25) is 5.91 Å². The number of aryl methyl sites for hydroxylation is 1. The van der Waals surface area contributed by atoms with E-state index in [9.17, 15) is 22.4 Å². The lowest BCUT2D eigenvalue weighted by atomic mass is 9.84. The number of hydrogen-bond donors (Lipinski definition) is 0. The number of alkyl halides is 4. The summed E-state index contributed by atoms with van der Waals surface area (Å²) < 4.78 is 55.7. The number of carbonyl (C=O) groups excluding carboxylic acids is 1. The van der Waals surface area contributed by atoms with Gasteiger partial charge in [-0.2, -0.15) is 18.3 Å². The van der Waals surface area contributed by atoms with Crippen LogP contribution in [0.2, 0.25) is 4.34 Å². The summed E-state index contributed by atoms with van der Waals surface area (Å²) in [6.07, 6.45) is -0.905. The van der Waals surface area contributed by atoms with Gasteiger partial charge in [-0.15, -0.1) is 11.3 Å². The highest BCUT2D eigenvalue weighted by Crippen LogP contribution is 2.45. The van der Waals surface area contributed by atoms with E-state index in [-0.39, 0.29) is 18.0 Å². The molecule has 0 aliphatic carbocycles. The molecule has 1 aliphatic rings. The van der Waals surface area contributed by atoms with E-state index in [1.807, 2.05) is 6.07 Å². The molecule has 1 atom stereocenters. The monoisotopic (exact) mass is 497 g/mol. The van der Waals surface area contributed by atoms with Crippen molar-refractivity contribution < 1.29 is 22.4 Å². The number of thiophene rings is 1. The molecule has 0 saturated heterocycles. The molecule has 4 rings (SSSR count). The Labute approximate surface area is 197 Å². The highest BCUT2D eigenvalue weighted by atomic mass is 35.5. The molecule has 0 saturated carbocycles. The predicted octanol–water partition coefficient (Wildman–Crippen LogP) is 6.30. The van der Waals surface area contributed by atoms with Gasteiger partial charge in [-0.1, -0.05) is 35.9 Å². The minimum absolute atomic E-state index is 0.0106. The summed E-state index contributed by atoms with van der Waals surface area (Å²) in [5, 5.41) is 3.75. The molecule has 0 radical (unpaired) electrons. The van der Waals surface area contributed by atoms with Crippen molar-refractivity contribution in [3.8, 4) is 11.1 Å². The van der Waals surface area contributed by atoms with E-state index in [0.29, 0.717) is 28.6 Å². The third-order valence-electron chi connectivity index (χ3n) is 5.57. The molecule has 3 aromatic rings. The van der Waals surface area contributed by atoms with Crippen molar-refractivity contribution in [1.29, 1.82) is 0 Å². The van der Waals surface area contributed by atoms with Crippen LogP contribution < -0.4 is 0 Å². The maximum atomic E-state index is 13.8. The molecule has 2 aromatic heterocycles. The zero-order valence-corrected chi connectivity index (χ0v) is 19.1. The number of rotatable bonds is 5. The summed E-state index contributed by atoms with van der Waals surface area (Å²) in [6.45, 7) is 1.79. The van der Waals surface area contributed by atoms with Crippen molar-refractivity contribution in [3.05, 3.63) is 74.7 Å². The zero-order chi connectivity index (χ0) is 23.8. The lowest BCUT2D eigenvalue weighted by Gasteiger charge is -2.33. The van der Waals surface area contributed by atoms with Crippen molar-refractivity contribution in [2.24, 2.45) is 0 Å². The van der Waals surface area contributed by atoms with Crippen LogP contribution in [0.5, 0.6) is 0 Å². The van der Waals surface area contributed by atoms with Crippen LogP contribution in [0.3, 0.4) is 0 Å². The fraction of sp³-hybridized carbons (Fsp3) is 0.304. The second-order valence-electron chi connectivity index (χ2n) is 7.59. The van der Waals surface area contributed by atoms with Crippen molar-refractivity contribution in [2.75, 3.05) is 13.2 Å². The predicted molar refractivity (Wildman–Crippen MR) is 120 cm³/mol. The summed E-state index contributed by atoms with van der Waals surface area (Å²) in [4.78, 5) is 15.0. The van der Waals surface area contributed by atoms with Gasteiger partial charge in [-0.05, 0) is 35.8 Å². The molecule has 0 spiro atoms. The molecule has 0 unspecified atom stereocenters. The van der Waals surface area contributed by atoms with Crippen LogP contribution in [0.15, 0.2) is 48.7 Å². The summed E-state index contributed by atoms with van der Waals surface area (Å²) in [6, 6.07) is 8.65. The number of benzene rings is 1. The molecule has 0 bridgehead atoms. The summed E-state index contributed by atoms with van der Waals surface area (Å²) >= 11 is 7.60. The van der Waals surface area contributed by atoms with Crippen molar-refractivity contribution in [2.45, 2.75) is 32.1 Å². The maximum absolute atomic E-state index is 13.8. The Morgan fingerprint density at radius 3 is 2.73 bits per heavy atom. The van der Waals surface area contributed by atoms with Gasteiger partial charge in [0.1, 0.15) is 6.67 Å². The third-order valence-corrected chi connectivity index (χ3v) is 6.83. The van der Waals surface area contributed by atoms with Crippen LogP contribution in [-0.2, 0) is 24.1 Å². The molecule has 1 amide bonds. The second-order valence-corrected chi connectivity index (χ2v) is 9.36. The molecule has 0 fully saturated rings. The third kappa shape index (κ3) is 4.70. The summed E-state index contributed by atoms with van der Waals surface area (Å²) in [5.41, 5.74) is 0.962. The van der Waals surface area contributed by atoms with E-state index in [1.54, 1.807) is 36.1 Å². The largest absolute Gasteiger partial charge is 0.435 e. The van der Waals surface area contributed by atoms with Gasteiger partial charge in [-0.25, -0.2) is 4.39 Å². The topological polar surface area (TPSA) is 38.1 Å². The molecule has 10 heteroatoms. The maximum Gasteiger partial charge on any atom is 0.435 e. The molecular formula is C23H20ClF4N3OS. The van der Waals surface area contributed by atoms with Crippen LogP contribution in [0, 0.1) is 0 Å². The standard InChI is InChI=1S/C23H20ClF4N3OS/c1-2-31-12-18(22(29-31)23(26,27)28)15-7-4-3-6-14(15)17-11-30(21(32)8-5-9-25)13-19-16(17)10-20(24)33-19/h3-8,10,12,17H,2,9,11,13H2,1H3/b8-5+/t17-/m0/s1. The fourth-order valence-corrected chi connectivity index (χ4v) is 5.46. The van der Waals surface area contributed by atoms with E-state index in [2.05, 4.69) is 5.10 Å². The highest BCUT2D eigenvalue weighted by molar-refractivity contribution is 7.16. The van der Waals surface area contributed by atoms with Gasteiger partial charge in [0.25, 0.3) is 0 Å². The van der Waals surface area contributed by atoms with Gasteiger partial charge in [0, 0.05) is 41.7 Å². The average Bonchev–Trinajstić information content (AvgIpc) is 3.39. The van der Waals surface area contributed by atoms with Gasteiger partial charge in [-0.3, -0.25) is 9.48 Å². The van der Waals surface area contributed by atoms with Gasteiger partial charge < -0.3 is 4.90 Å². The first-order valence-corrected chi connectivity index (χ1v) is 11.5. The van der Waals surface area contributed by atoms with Crippen LogP contribution in [0.1, 0.15) is 34.5 Å². The summed E-state index contributed by atoms with van der Waals surface area (Å²) in [7, 11) is 0. The molecule has 1 aliphatic heterocycles. The Morgan fingerprint density at radius 1 is 1.27 bits per heavy atom. The number of fused-ring (bicyclic) bond motifs is 1. The minimum atomic E-state index is -4.62. The number of hydrogen-bond acceptors (Lipinski definition) is 3. The van der Waals surface area contributed by atoms with Crippen LogP contribution in [-0.4, -0.2) is 33.8 Å². The van der Waals surface area contributed by atoms with Crippen LogP contribution in [0.25, 0.3) is 11.1 Å². The minimum Gasteiger partial charge on any atom is -0.333 e. The quantitative estimate of drug-likeness (QED) is 0.306. The lowest BCUT2D eigenvalue weighted by Crippen LogP contribution is -2.37. The number of amides is 1. The Kier molecular flexibility index (Phi) is 6.63. The highest BCUT2D eigenvalue weighted by Gasteiger charge is 2.39. The molecule has 3 heterocycles. The number of aromatic nitrogens is 2. The zero-order valence-electron chi connectivity index (χ0n) is 17.6. The SMILES string of the molecule is CCn1cc(-c2ccccc2[C@@H]2CN(C(=O)/C=C/CF)Cc3sc(Cl)cc32)c(C(F)(F)F)n1. The van der Waals surface area contributed by atoms with E-state index < -0.39 is 24.5 Å². The van der Waals surface area contributed by atoms with Gasteiger partial charge in [0.15, 0.2) is 5.69 Å². The van der Waals surface area contributed by atoms with Crippen molar-refractivity contribution in [1.82, 2.24) is 14.7 Å². The Bertz CT molecular complexity index is 1200. The first-order valence-electron chi connectivity index (χ1n) is 10.3. The van der Waals surface area contributed by atoms with Crippen molar-refractivity contribution in [3.63, 3.8) is 0 Å². The van der Waals surface area contributed by atoms with Gasteiger partial charge >= 0.3 is 6.18 Å².